The number of hydrogen-bond acceptors (Lipinski definition) is 8. The van der Waals surface area contributed by atoms with Crippen LogP contribution >= 0.6 is 0 Å². The number of carbonyl (C=O) groups is 6. The molecule has 0 aliphatic carbocycles. The Bertz CT molecular complexity index is 1550. The molecule has 0 saturated carbocycles. The molecule has 2 aromatic carbocycles. The van der Waals surface area contributed by atoms with Crippen molar-refractivity contribution >= 4 is 46.3 Å². The lowest BCUT2D eigenvalue weighted by atomic mass is 9.85. The number of imide groups is 2. The van der Waals surface area contributed by atoms with Gasteiger partial charge in [0.25, 0.3) is 23.6 Å². The van der Waals surface area contributed by atoms with E-state index >= 15 is 0 Å². The smallest absolute Gasteiger partial charge is 0.343 e. The van der Waals surface area contributed by atoms with Gasteiger partial charge in [-0.05, 0) is 50.0 Å². The molecule has 4 rings (SSSR count). The van der Waals surface area contributed by atoms with Crippen molar-refractivity contribution in [2.45, 2.75) is 25.9 Å². The molecule has 2 aliphatic rings. The van der Waals surface area contributed by atoms with Crippen LogP contribution in [0.4, 0.5) is 0 Å². The van der Waals surface area contributed by atoms with Crippen LogP contribution in [0.5, 0.6) is 0 Å². The van der Waals surface area contributed by atoms with Gasteiger partial charge in [0.15, 0.2) is 0 Å². The highest BCUT2D eigenvalue weighted by Gasteiger charge is 2.44. The topological polar surface area (TPSA) is 127 Å². The summed E-state index contributed by atoms with van der Waals surface area (Å²) in [6, 6.07) is 2.77. The lowest BCUT2D eigenvalue weighted by Gasteiger charge is -2.34. The second-order valence-corrected chi connectivity index (χ2v) is 7.95. The summed E-state index contributed by atoms with van der Waals surface area (Å²) in [5.74, 6) is 3.73. The highest BCUT2D eigenvalue weighted by molar-refractivity contribution is 6.34. The van der Waals surface area contributed by atoms with Crippen LogP contribution in [0, 0.1) is 36.2 Å². The van der Waals surface area contributed by atoms with Gasteiger partial charge in [-0.1, -0.05) is 0 Å². The van der Waals surface area contributed by atoms with E-state index in [0.717, 1.165) is 12.0 Å². The van der Waals surface area contributed by atoms with Crippen LogP contribution in [0.15, 0.2) is 24.3 Å². The summed E-state index contributed by atoms with van der Waals surface area (Å²) in [4.78, 5) is 79.1. The molecule has 2 unspecified atom stereocenters. The minimum atomic E-state index is -1.36. The van der Waals surface area contributed by atoms with E-state index in [2.05, 4.69) is 22.5 Å². The van der Waals surface area contributed by atoms with E-state index in [1.165, 1.54) is 38.1 Å². The Morgan fingerprint density at radius 3 is 1.51 bits per heavy atom. The minimum absolute atomic E-state index is 0.0101. The van der Waals surface area contributed by atoms with E-state index in [1.54, 1.807) is 0 Å². The first-order valence-corrected chi connectivity index (χ1v) is 10.7. The molecule has 0 aromatic heterocycles. The largest absolute Gasteiger partial charge is 0.467 e. The Balaban J connectivity index is 1.77. The zero-order valence-corrected chi connectivity index (χ0v) is 19.7. The van der Waals surface area contributed by atoms with Crippen LogP contribution in [-0.4, -0.2) is 64.6 Å². The normalized spacial score (nSPS) is 15.1. The lowest BCUT2D eigenvalue weighted by molar-refractivity contribution is -0.144. The van der Waals surface area contributed by atoms with Crippen molar-refractivity contribution in [3.05, 3.63) is 46.5 Å². The van der Waals surface area contributed by atoms with Gasteiger partial charge in [0.05, 0.1) is 7.11 Å². The maximum absolute atomic E-state index is 13.3. The molecule has 2 aromatic rings. The predicted octanol–water partition coefficient (Wildman–Crippen LogP) is 1.12. The molecular weight excluding hydrogens is 480 g/mol. The van der Waals surface area contributed by atoms with Gasteiger partial charge in [0.1, 0.15) is 18.2 Å². The maximum atomic E-state index is 13.3. The Kier molecular flexibility index (Phi) is 6.23. The first kappa shape index (κ1) is 24.7. The summed E-state index contributed by atoms with van der Waals surface area (Å²) in [6.07, 6.45) is 7.01. The van der Waals surface area contributed by atoms with Gasteiger partial charge >= 0.3 is 11.9 Å². The number of methoxy groups -OCH3 is 1. The molecule has 0 bridgehead atoms. The highest BCUT2D eigenvalue weighted by Crippen LogP contribution is 2.38. The van der Waals surface area contributed by atoms with Crippen molar-refractivity contribution in [2.24, 2.45) is 0 Å². The van der Waals surface area contributed by atoms with Crippen molar-refractivity contribution in [3.63, 3.8) is 0 Å². The third kappa shape index (κ3) is 3.76. The highest BCUT2D eigenvalue weighted by atomic mass is 16.5. The summed E-state index contributed by atoms with van der Waals surface area (Å²) >= 11 is 0. The summed E-state index contributed by atoms with van der Waals surface area (Å²) in [6.45, 7) is 2.65. The van der Waals surface area contributed by atoms with E-state index in [-0.39, 0.29) is 33.0 Å². The van der Waals surface area contributed by atoms with Crippen LogP contribution in [-0.2, 0) is 19.1 Å². The van der Waals surface area contributed by atoms with Crippen molar-refractivity contribution in [3.8, 4) is 36.2 Å². The van der Waals surface area contributed by atoms with Gasteiger partial charge in [-0.3, -0.25) is 29.0 Å². The number of hydrogen-bond donors (Lipinski definition) is 0. The molecule has 0 radical (unpaired) electrons. The second-order valence-electron chi connectivity index (χ2n) is 7.95. The fourth-order valence-electron chi connectivity index (χ4n) is 4.25. The molecule has 2 aliphatic heterocycles. The van der Waals surface area contributed by atoms with Crippen LogP contribution in [0.1, 0.15) is 55.3 Å². The summed E-state index contributed by atoms with van der Waals surface area (Å²) in [7, 11) is 1.14. The first-order chi connectivity index (χ1) is 17.6. The fourth-order valence-corrected chi connectivity index (χ4v) is 4.25. The molecule has 0 fully saturated rings. The molecule has 0 saturated heterocycles. The molecular formula is C27H16N2O8. The van der Waals surface area contributed by atoms with Gasteiger partial charge in [0, 0.05) is 44.9 Å². The quantitative estimate of drug-likeness (QED) is 0.350. The monoisotopic (exact) mass is 496 g/mol. The SMILES string of the molecule is C#CC#CC#COC(=O)C(C)N1C(=O)c2ccc3c4c(ccc(c24)C1=O)C(=O)N(C(C)C(=O)OC)C3=O. The van der Waals surface area contributed by atoms with E-state index < -0.39 is 47.7 Å². The third-order valence-corrected chi connectivity index (χ3v) is 6.02. The summed E-state index contributed by atoms with van der Waals surface area (Å²) in [5, 5.41) is 0.228. The van der Waals surface area contributed by atoms with Crippen LogP contribution in [0.25, 0.3) is 10.8 Å². The molecule has 2 atom stereocenters. The van der Waals surface area contributed by atoms with E-state index in [1.807, 2.05) is 12.0 Å². The predicted molar refractivity (Wildman–Crippen MR) is 126 cm³/mol. The van der Waals surface area contributed by atoms with E-state index in [9.17, 15) is 28.8 Å². The molecule has 0 N–H and O–H groups in total. The molecule has 0 spiro atoms. The molecule has 182 valence electrons. The van der Waals surface area contributed by atoms with Crippen molar-refractivity contribution in [1.29, 1.82) is 0 Å². The third-order valence-electron chi connectivity index (χ3n) is 6.02. The van der Waals surface area contributed by atoms with E-state index in [0.29, 0.717) is 4.90 Å². The standard InChI is InChI=1S/C27H16N2O8/c1-5-6-7-8-13-37-27(35)15(3)29-24(32)18-11-9-16-20-17(10-12-19(21(18)20)25(29)33)23(31)28(22(16)30)14(2)26(34)36-4/h1,9-12,14-15H,2-4H3. The van der Waals surface area contributed by atoms with Gasteiger partial charge < -0.3 is 9.47 Å². The second kappa shape index (κ2) is 9.33. The Morgan fingerprint density at radius 1 is 0.730 bits per heavy atom. The fraction of sp³-hybridized carbons (Fsp3) is 0.185. The summed E-state index contributed by atoms with van der Waals surface area (Å²) in [5.41, 5.74) is 0.0957. The number of carbonyl (C=O) groups excluding carboxylic acids is 6. The zero-order chi connectivity index (χ0) is 27.0. The minimum Gasteiger partial charge on any atom is -0.467 e. The lowest BCUT2D eigenvalue weighted by Crippen LogP contribution is -2.51. The number of rotatable bonds is 4. The van der Waals surface area contributed by atoms with Gasteiger partial charge in [-0.15, -0.1) is 6.42 Å². The average molecular weight is 496 g/mol. The van der Waals surface area contributed by atoms with E-state index in [4.69, 9.17) is 11.2 Å². The van der Waals surface area contributed by atoms with Gasteiger partial charge in [0.2, 0.25) is 0 Å². The van der Waals surface area contributed by atoms with Crippen molar-refractivity contribution in [2.75, 3.05) is 7.11 Å². The van der Waals surface area contributed by atoms with Crippen molar-refractivity contribution in [1.82, 2.24) is 9.80 Å². The molecule has 2 heterocycles. The van der Waals surface area contributed by atoms with Gasteiger partial charge in [-0.2, -0.15) is 0 Å². The number of benzene rings is 2. The van der Waals surface area contributed by atoms with Crippen molar-refractivity contribution < 1.29 is 38.2 Å². The molecule has 10 heteroatoms. The Morgan fingerprint density at radius 2 is 1.14 bits per heavy atom. The van der Waals surface area contributed by atoms with Gasteiger partial charge in [-0.25, -0.2) is 9.59 Å². The number of ether oxygens (including phenoxy) is 2. The maximum Gasteiger partial charge on any atom is 0.343 e. The Labute approximate surface area is 210 Å². The zero-order valence-electron chi connectivity index (χ0n) is 19.7. The Hall–Kier alpha value is -5.40. The molecule has 10 nitrogen and oxygen atoms in total. The molecule has 4 amide bonds. The van der Waals surface area contributed by atoms with Crippen LogP contribution < -0.4 is 0 Å². The number of amides is 4. The summed E-state index contributed by atoms with van der Waals surface area (Å²) < 4.78 is 9.44. The number of terminal acetylenes is 1. The number of nitrogens with zero attached hydrogens (tertiary/aromatic N) is 2. The first-order valence-electron chi connectivity index (χ1n) is 10.7. The van der Waals surface area contributed by atoms with Crippen LogP contribution in [0.2, 0.25) is 0 Å². The molecule has 37 heavy (non-hydrogen) atoms. The average Bonchev–Trinajstić information content (AvgIpc) is 2.89. The van der Waals surface area contributed by atoms with Crippen LogP contribution in [0.3, 0.4) is 0 Å². The number of esters is 2.